The molecular weight excluding hydrogens is 222 g/mol. The van der Waals surface area contributed by atoms with Crippen molar-refractivity contribution in [2.24, 2.45) is 0 Å². The monoisotopic (exact) mass is 239 g/mol. The van der Waals surface area contributed by atoms with Crippen LogP contribution in [0.5, 0.6) is 0 Å². The smallest absolute Gasteiger partial charge is 0.129 e. The molecule has 0 atom stereocenters. The summed E-state index contributed by atoms with van der Waals surface area (Å²) in [5.41, 5.74) is 11.1. The van der Waals surface area contributed by atoms with Gasteiger partial charge < -0.3 is 5.73 Å². The normalized spacial score (nSPS) is 11.0. The molecule has 17 heavy (non-hydrogen) atoms. The van der Waals surface area contributed by atoms with E-state index >= 15 is 0 Å². The van der Waals surface area contributed by atoms with E-state index in [-0.39, 0.29) is 0 Å². The summed E-state index contributed by atoms with van der Waals surface area (Å²) in [7, 11) is -1.35. The molecular formula is C15H17NSi. The third-order valence-electron chi connectivity index (χ3n) is 2.49. The topological polar surface area (TPSA) is 26.0 Å². The molecule has 0 aromatic heterocycles. The Labute approximate surface area is 104 Å². The molecule has 86 valence electrons. The van der Waals surface area contributed by atoms with Crippen molar-refractivity contribution in [1.82, 2.24) is 0 Å². The first-order valence-corrected chi connectivity index (χ1v) is 9.27. The van der Waals surface area contributed by atoms with Crippen molar-refractivity contribution in [3.63, 3.8) is 0 Å². The van der Waals surface area contributed by atoms with Crippen LogP contribution in [0.2, 0.25) is 19.6 Å². The van der Waals surface area contributed by atoms with Gasteiger partial charge in [0.1, 0.15) is 8.07 Å². The summed E-state index contributed by atoms with van der Waals surface area (Å²) in [6, 6.07) is 12.3. The Balaban J connectivity index is 2.54. The van der Waals surface area contributed by atoms with Gasteiger partial charge in [-0.2, -0.15) is 0 Å². The van der Waals surface area contributed by atoms with E-state index in [1.165, 1.54) is 10.8 Å². The summed E-state index contributed by atoms with van der Waals surface area (Å²) in [4.78, 5) is 0. The predicted molar refractivity (Wildman–Crippen MR) is 78.6 cm³/mol. The first-order valence-electron chi connectivity index (χ1n) is 5.77. The molecule has 2 aromatic carbocycles. The summed E-state index contributed by atoms with van der Waals surface area (Å²) in [5.74, 6) is 3.23. The van der Waals surface area contributed by atoms with Gasteiger partial charge in [-0.3, -0.25) is 0 Å². The molecule has 2 aromatic rings. The van der Waals surface area contributed by atoms with E-state index in [0.717, 1.165) is 11.3 Å². The SMILES string of the molecule is C[Si](C)(C)C#Cc1cc2ccccc2cc1N. The van der Waals surface area contributed by atoms with Crippen molar-refractivity contribution in [2.75, 3.05) is 5.73 Å². The van der Waals surface area contributed by atoms with Crippen molar-refractivity contribution in [1.29, 1.82) is 0 Å². The van der Waals surface area contributed by atoms with E-state index < -0.39 is 8.07 Å². The number of anilines is 1. The fourth-order valence-electron chi connectivity index (χ4n) is 1.62. The summed E-state index contributed by atoms with van der Waals surface area (Å²) >= 11 is 0. The molecule has 0 aliphatic rings. The van der Waals surface area contributed by atoms with Crippen LogP contribution >= 0.6 is 0 Å². The fraction of sp³-hybridized carbons (Fsp3) is 0.200. The van der Waals surface area contributed by atoms with Gasteiger partial charge in [-0.25, -0.2) is 0 Å². The molecule has 0 unspecified atom stereocenters. The summed E-state index contributed by atoms with van der Waals surface area (Å²) < 4.78 is 0. The largest absolute Gasteiger partial charge is 0.398 e. The van der Waals surface area contributed by atoms with E-state index in [4.69, 9.17) is 5.73 Å². The van der Waals surface area contributed by atoms with Gasteiger partial charge in [0.15, 0.2) is 0 Å². The number of nitrogen functional groups attached to an aromatic ring is 1. The highest BCUT2D eigenvalue weighted by molar-refractivity contribution is 6.83. The van der Waals surface area contributed by atoms with Crippen LogP contribution in [0.15, 0.2) is 36.4 Å². The minimum Gasteiger partial charge on any atom is -0.398 e. The third-order valence-corrected chi connectivity index (χ3v) is 3.37. The van der Waals surface area contributed by atoms with Crippen molar-refractivity contribution in [2.45, 2.75) is 19.6 Å². The summed E-state index contributed by atoms with van der Waals surface area (Å²) in [6.45, 7) is 6.70. The van der Waals surface area contributed by atoms with Gasteiger partial charge in [0, 0.05) is 11.3 Å². The fourth-order valence-corrected chi connectivity index (χ4v) is 2.13. The molecule has 0 aliphatic heterocycles. The van der Waals surface area contributed by atoms with E-state index in [1.54, 1.807) is 0 Å². The molecule has 0 spiro atoms. The Kier molecular flexibility index (Phi) is 2.95. The van der Waals surface area contributed by atoms with Crippen LogP contribution in [0.3, 0.4) is 0 Å². The molecule has 0 saturated heterocycles. The number of hydrogen-bond acceptors (Lipinski definition) is 1. The number of fused-ring (bicyclic) bond motifs is 1. The maximum absolute atomic E-state index is 6.03. The second-order valence-corrected chi connectivity index (χ2v) is 10.0. The lowest BCUT2D eigenvalue weighted by atomic mass is 10.1. The lowest BCUT2D eigenvalue weighted by Crippen LogP contribution is -2.16. The Morgan fingerprint density at radius 2 is 1.59 bits per heavy atom. The molecule has 0 amide bonds. The van der Waals surface area contributed by atoms with Crippen LogP contribution in [0.1, 0.15) is 5.56 Å². The van der Waals surface area contributed by atoms with Crippen LogP contribution < -0.4 is 5.73 Å². The summed E-state index contributed by atoms with van der Waals surface area (Å²) in [5, 5.41) is 2.37. The van der Waals surface area contributed by atoms with Crippen molar-refractivity contribution < 1.29 is 0 Å². The van der Waals surface area contributed by atoms with Crippen LogP contribution in [0.4, 0.5) is 5.69 Å². The van der Waals surface area contributed by atoms with Gasteiger partial charge in [-0.15, -0.1) is 5.54 Å². The Morgan fingerprint density at radius 1 is 1.00 bits per heavy atom. The molecule has 2 N–H and O–H groups in total. The lowest BCUT2D eigenvalue weighted by Gasteiger charge is -2.05. The minimum atomic E-state index is -1.35. The van der Waals surface area contributed by atoms with E-state index in [9.17, 15) is 0 Å². The highest BCUT2D eigenvalue weighted by Gasteiger charge is 2.08. The zero-order chi connectivity index (χ0) is 12.5. The van der Waals surface area contributed by atoms with Gasteiger partial charge in [0.05, 0.1) is 0 Å². The first-order chi connectivity index (χ1) is 7.96. The number of rotatable bonds is 0. The van der Waals surface area contributed by atoms with Gasteiger partial charge >= 0.3 is 0 Å². The highest BCUT2D eigenvalue weighted by Crippen LogP contribution is 2.21. The zero-order valence-electron chi connectivity index (χ0n) is 10.5. The van der Waals surface area contributed by atoms with Gasteiger partial charge in [-0.1, -0.05) is 49.8 Å². The molecule has 2 heteroatoms. The van der Waals surface area contributed by atoms with Gasteiger partial charge in [0.25, 0.3) is 0 Å². The van der Waals surface area contributed by atoms with Gasteiger partial charge in [0.2, 0.25) is 0 Å². The lowest BCUT2D eigenvalue weighted by molar-refractivity contribution is 1.67. The average molecular weight is 239 g/mol. The van der Waals surface area contributed by atoms with Crippen molar-refractivity contribution in [3.05, 3.63) is 42.0 Å². The first kappa shape index (κ1) is 11.8. The third kappa shape index (κ3) is 2.89. The number of nitrogens with two attached hydrogens (primary N) is 1. The van der Waals surface area contributed by atoms with Crippen LogP contribution in [-0.2, 0) is 0 Å². The minimum absolute atomic E-state index is 0.773. The van der Waals surface area contributed by atoms with Crippen LogP contribution in [-0.4, -0.2) is 8.07 Å². The zero-order valence-corrected chi connectivity index (χ0v) is 11.5. The quantitative estimate of drug-likeness (QED) is 0.424. The second-order valence-electron chi connectivity index (χ2n) is 5.29. The maximum atomic E-state index is 6.03. The molecule has 0 bridgehead atoms. The number of benzene rings is 2. The van der Waals surface area contributed by atoms with Crippen molar-refractivity contribution >= 4 is 24.5 Å². The average Bonchev–Trinajstić information content (AvgIpc) is 2.25. The maximum Gasteiger partial charge on any atom is 0.129 e. The second kappa shape index (κ2) is 4.27. The molecule has 0 radical (unpaired) electrons. The molecule has 0 aliphatic carbocycles. The molecule has 0 fully saturated rings. The van der Waals surface area contributed by atoms with E-state index in [2.05, 4.69) is 49.3 Å². The molecule has 0 heterocycles. The molecule has 2 rings (SSSR count). The Morgan fingerprint density at radius 3 is 2.18 bits per heavy atom. The molecule has 1 nitrogen and oxygen atoms in total. The number of hydrogen-bond donors (Lipinski definition) is 1. The van der Waals surface area contributed by atoms with Crippen LogP contribution in [0, 0.1) is 11.5 Å². The summed E-state index contributed by atoms with van der Waals surface area (Å²) in [6.07, 6.45) is 0. The van der Waals surface area contributed by atoms with E-state index in [1.807, 2.05) is 18.2 Å². The van der Waals surface area contributed by atoms with E-state index in [0.29, 0.717) is 0 Å². The Bertz CT molecular complexity index is 612. The molecule has 0 saturated carbocycles. The standard InChI is InChI=1S/C15H17NSi/c1-17(2,3)9-8-14-10-12-6-4-5-7-13(12)11-15(14)16/h4-7,10-11H,16H2,1-3H3. The Hall–Kier alpha value is -1.72. The predicted octanol–water partition coefficient (Wildman–Crippen LogP) is 3.65. The highest BCUT2D eigenvalue weighted by atomic mass is 28.3. The van der Waals surface area contributed by atoms with Crippen LogP contribution in [0.25, 0.3) is 10.8 Å². The van der Waals surface area contributed by atoms with Gasteiger partial charge in [-0.05, 0) is 22.9 Å². The van der Waals surface area contributed by atoms with Crippen molar-refractivity contribution in [3.8, 4) is 11.5 Å².